The number of allylic oxidation sites excluding steroid dienone is 2. The van der Waals surface area contributed by atoms with Crippen molar-refractivity contribution < 1.29 is 57.5 Å². The number of likely N-dealkylation sites (N-methyl/N-ethyl adjacent to an activating group) is 7. The summed E-state index contributed by atoms with van der Waals surface area (Å²) in [6.45, 7) is 29.7. The summed E-state index contributed by atoms with van der Waals surface area (Å²) in [5.74, 6) is -9.18. The van der Waals surface area contributed by atoms with Crippen LogP contribution in [0.2, 0.25) is 0 Å². The zero-order valence-electron chi connectivity index (χ0n) is 56.1. The minimum Gasteiger partial charge on any atom is -0.458 e. The Morgan fingerprint density at radius 1 is 0.518 bits per heavy atom. The molecule has 1 fully saturated rings. The number of nitrogens with one attached hydrogen (secondary N) is 5. The van der Waals surface area contributed by atoms with Crippen LogP contribution in [-0.2, 0) is 57.5 Å². The predicted octanol–water partition coefficient (Wildman–Crippen LogP) is 3.58. The molecule has 0 aromatic carbocycles. The Morgan fingerprint density at radius 2 is 0.953 bits per heavy atom. The first-order valence-electron chi connectivity index (χ1n) is 30.6. The van der Waals surface area contributed by atoms with E-state index in [1.165, 1.54) is 87.7 Å². The van der Waals surface area contributed by atoms with Gasteiger partial charge < -0.3 is 60.7 Å². The molecule has 23 nitrogen and oxygen atoms in total. The van der Waals surface area contributed by atoms with Crippen LogP contribution >= 0.6 is 0 Å². The van der Waals surface area contributed by atoms with E-state index in [0.29, 0.717) is 6.42 Å². The van der Waals surface area contributed by atoms with Gasteiger partial charge in [-0.15, -0.1) is 0 Å². The summed E-state index contributed by atoms with van der Waals surface area (Å²) >= 11 is 0. The lowest BCUT2D eigenvalue weighted by molar-refractivity contribution is -0.167. The zero-order chi connectivity index (χ0) is 65.8. The maximum atomic E-state index is 15.0. The van der Waals surface area contributed by atoms with Crippen LogP contribution < -0.4 is 26.6 Å². The number of cyclic esters (lactones) is 1. The Balaban J connectivity index is 4.25. The summed E-state index contributed by atoms with van der Waals surface area (Å²) in [4.78, 5) is 167. The molecule has 5 N–H and O–H groups in total. The van der Waals surface area contributed by atoms with Crippen molar-refractivity contribution in [1.29, 1.82) is 0 Å². The van der Waals surface area contributed by atoms with E-state index in [0.717, 1.165) is 4.90 Å². The highest BCUT2D eigenvalue weighted by Crippen LogP contribution is 2.25. The van der Waals surface area contributed by atoms with Crippen LogP contribution in [0.15, 0.2) is 12.2 Å². The van der Waals surface area contributed by atoms with Crippen molar-refractivity contribution in [2.24, 2.45) is 41.4 Å². The van der Waals surface area contributed by atoms with Crippen molar-refractivity contribution in [2.45, 2.75) is 223 Å². The Labute approximate surface area is 509 Å². The highest BCUT2D eigenvalue weighted by atomic mass is 16.5. The number of carbonyl (C=O) groups excluding carboxylic acids is 11. The van der Waals surface area contributed by atoms with Gasteiger partial charge in [0.15, 0.2) is 0 Å². The van der Waals surface area contributed by atoms with Gasteiger partial charge in [0.25, 0.3) is 0 Å². The fourth-order valence-corrected chi connectivity index (χ4v) is 10.6. The Kier molecular flexibility index (Phi) is 32.1. The topological polar surface area (TPSA) is 277 Å². The molecule has 0 radical (unpaired) electrons. The fraction of sp³-hybridized carbons (Fsp3) is 0.790. The van der Waals surface area contributed by atoms with Gasteiger partial charge in [0.2, 0.25) is 59.1 Å². The number of nitrogens with zero attached hydrogens (tertiary/aromatic N) is 6. The number of ether oxygens (including phenoxy) is 1. The van der Waals surface area contributed by atoms with Crippen molar-refractivity contribution in [3.8, 4) is 0 Å². The molecule has 10 amide bonds. The summed E-state index contributed by atoms with van der Waals surface area (Å²) < 4.78 is 6.35. The van der Waals surface area contributed by atoms with Gasteiger partial charge in [-0.1, -0.05) is 109 Å². The molecule has 0 saturated carbocycles. The van der Waals surface area contributed by atoms with Gasteiger partial charge in [-0.2, -0.15) is 0 Å². The lowest BCUT2D eigenvalue weighted by Crippen LogP contribution is -2.61. The molecule has 0 aliphatic carbocycles. The van der Waals surface area contributed by atoms with Gasteiger partial charge in [0.05, 0.1) is 6.54 Å². The van der Waals surface area contributed by atoms with Crippen molar-refractivity contribution in [2.75, 3.05) is 55.9 Å². The van der Waals surface area contributed by atoms with Gasteiger partial charge >= 0.3 is 5.97 Å². The monoisotopic (exact) mass is 1200 g/mol. The van der Waals surface area contributed by atoms with E-state index in [2.05, 4.69) is 26.6 Å². The van der Waals surface area contributed by atoms with E-state index in [9.17, 15) is 47.9 Å². The SMILES string of the molecule is CC=CC[C@@H](C)C1OC(=O)[C@H](C(C)C)N(C)C(=O)[C@H](CC(C)C)N(C)C(=O)[C@H](CC(C)C)N(C)C(=O)[C@@H](C)NC(=O)[C@H](C)NC(=O)[C@H](CC(C)C)N(C)C(=O)[C@H](C(C)C)NC(=O)[C@H](CC(C)C)N(C)C(=O)CN(C)C(=O)[C@H](CC)NC(=O)[C@H]1NC. The van der Waals surface area contributed by atoms with Crippen LogP contribution in [0.25, 0.3) is 0 Å². The molecule has 0 spiro atoms. The average Bonchev–Trinajstić information content (AvgIpc) is 3.63. The second-order valence-electron chi connectivity index (χ2n) is 25.9. The summed E-state index contributed by atoms with van der Waals surface area (Å²) in [5.41, 5.74) is 0. The summed E-state index contributed by atoms with van der Waals surface area (Å²) in [6.07, 6.45) is 3.69. The standard InChI is InChI=1S/C62H111N11O12/c1-25-27-28-40(15)52-50(63-18)56(78)66-43(26-2)58(80)68(19)33-48(74)69(20)44(29-34(3)4)55(77)67-49(38(11)12)61(83)70(21)45(30-35(5)6)54(76)64-41(16)53(75)65-42(17)57(79)71(22)46(31-36(7)8)59(81)72(23)47(32-37(9)10)60(82)73(24)51(39(13)14)62(84)85-52/h25,27,34-47,49-52,63H,26,28-33H2,1-24H3,(H,64,76)(H,65,75)(H,66,78)(H,67,77)/t40-,41+,42-,43+,44+,45+,46+,47+,49+,50+,51+,52?/m1/s1. The largest absolute Gasteiger partial charge is 0.458 e. The molecule has 85 heavy (non-hydrogen) atoms. The van der Waals surface area contributed by atoms with Crippen LogP contribution in [0.4, 0.5) is 0 Å². The van der Waals surface area contributed by atoms with E-state index in [1.807, 2.05) is 81.4 Å². The fourth-order valence-electron chi connectivity index (χ4n) is 10.6. The second kappa shape index (κ2) is 35.5. The molecular formula is C62H111N11O12. The number of hydrogen-bond acceptors (Lipinski definition) is 13. The molecule has 1 unspecified atom stereocenters. The molecular weight excluding hydrogens is 1090 g/mol. The lowest BCUT2D eigenvalue weighted by Gasteiger charge is -2.40. The Bertz CT molecular complexity index is 2310. The van der Waals surface area contributed by atoms with E-state index in [1.54, 1.807) is 34.6 Å². The molecule has 1 saturated heterocycles. The molecule has 1 aliphatic heterocycles. The third-order valence-electron chi connectivity index (χ3n) is 15.9. The highest BCUT2D eigenvalue weighted by Gasteiger charge is 2.44. The Hall–Kier alpha value is -6.13. The maximum Gasteiger partial charge on any atom is 0.329 e. The second-order valence-corrected chi connectivity index (χ2v) is 25.9. The summed E-state index contributed by atoms with van der Waals surface area (Å²) in [6, 6.07) is -11.7. The average molecular weight is 1200 g/mol. The van der Waals surface area contributed by atoms with E-state index < -0.39 is 156 Å². The molecule has 1 aliphatic rings. The van der Waals surface area contributed by atoms with Crippen LogP contribution in [-0.4, -0.2) is 217 Å². The zero-order valence-corrected chi connectivity index (χ0v) is 56.1. The number of amides is 10. The van der Waals surface area contributed by atoms with Gasteiger partial charge in [0, 0.05) is 42.3 Å². The van der Waals surface area contributed by atoms with Gasteiger partial charge in [-0.05, 0) is 108 Å². The molecule has 1 heterocycles. The van der Waals surface area contributed by atoms with E-state index in [-0.39, 0.29) is 55.8 Å². The number of rotatable bonds is 15. The van der Waals surface area contributed by atoms with E-state index in [4.69, 9.17) is 4.74 Å². The number of esters is 1. The van der Waals surface area contributed by atoms with Crippen molar-refractivity contribution in [3.05, 3.63) is 12.2 Å². The van der Waals surface area contributed by atoms with Crippen LogP contribution in [0.5, 0.6) is 0 Å². The highest BCUT2D eigenvalue weighted by molar-refractivity contribution is 5.98. The summed E-state index contributed by atoms with van der Waals surface area (Å²) in [5, 5.41) is 14.1. The van der Waals surface area contributed by atoms with Gasteiger partial charge in [-0.3, -0.25) is 47.9 Å². The molecule has 12 atom stereocenters. The lowest BCUT2D eigenvalue weighted by atomic mass is 9.92. The van der Waals surface area contributed by atoms with Crippen LogP contribution in [0, 0.1) is 41.4 Å². The van der Waals surface area contributed by atoms with Gasteiger partial charge in [-0.25, -0.2) is 4.79 Å². The molecule has 1 rings (SSSR count). The van der Waals surface area contributed by atoms with Gasteiger partial charge in [0.1, 0.15) is 66.5 Å². The first-order chi connectivity index (χ1) is 39.3. The molecule has 23 heteroatoms. The number of carbonyl (C=O) groups is 11. The normalized spacial score (nSPS) is 27.4. The summed E-state index contributed by atoms with van der Waals surface area (Å²) in [7, 11) is 10.2. The quantitative estimate of drug-likeness (QED) is 0.116. The first kappa shape index (κ1) is 76.9. The van der Waals surface area contributed by atoms with Crippen molar-refractivity contribution in [3.63, 3.8) is 0 Å². The Morgan fingerprint density at radius 3 is 1.40 bits per heavy atom. The molecule has 0 aromatic rings. The third kappa shape index (κ3) is 22.3. The minimum atomic E-state index is -1.23. The molecule has 0 bridgehead atoms. The van der Waals surface area contributed by atoms with Crippen LogP contribution in [0.3, 0.4) is 0 Å². The maximum absolute atomic E-state index is 15.0. The smallest absolute Gasteiger partial charge is 0.329 e. The number of hydrogen-bond donors (Lipinski definition) is 5. The van der Waals surface area contributed by atoms with Crippen molar-refractivity contribution >= 4 is 65.0 Å². The molecule has 0 aromatic heterocycles. The molecule has 486 valence electrons. The third-order valence-corrected chi connectivity index (χ3v) is 15.9. The van der Waals surface area contributed by atoms with E-state index >= 15 is 4.79 Å². The first-order valence-corrected chi connectivity index (χ1v) is 30.6. The predicted molar refractivity (Wildman–Crippen MR) is 329 cm³/mol. The van der Waals surface area contributed by atoms with Crippen LogP contribution in [0.1, 0.15) is 156 Å². The van der Waals surface area contributed by atoms with Crippen molar-refractivity contribution in [1.82, 2.24) is 56.0 Å². The minimum absolute atomic E-state index is 0.0974.